The van der Waals surface area contributed by atoms with Crippen LogP contribution in [-0.4, -0.2) is 5.11 Å². The molecule has 0 atom stereocenters. The van der Waals surface area contributed by atoms with Gasteiger partial charge in [-0.2, -0.15) is 9.65 Å². The molecule has 0 heterocycles. The van der Waals surface area contributed by atoms with Gasteiger partial charge in [-0.15, -0.1) is 0 Å². The molecule has 0 unspecified atom stereocenters. The topological polar surface area (TPSA) is 44.0 Å². The fourth-order valence-electron chi connectivity index (χ4n) is 0.626. The number of rotatable bonds is 0. The van der Waals surface area contributed by atoms with Crippen LogP contribution in [0.25, 0.3) is 0 Å². The molecule has 2 nitrogen and oxygen atoms in total. The first-order valence-corrected chi connectivity index (χ1v) is 2.74. The molecule has 0 fully saturated rings. The Morgan fingerprint density at radius 1 is 1.27 bits per heavy atom. The van der Waals surface area contributed by atoms with Gasteiger partial charge in [0.25, 0.3) is 0 Å². The van der Waals surface area contributed by atoms with Gasteiger partial charge < -0.3 is 5.11 Å². The van der Waals surface area contributed by atoms with Gasteiger partial charge in [-0.25, -0.2) is 4.39 Å². The van der Waals surface area contributed by atoms with Crippen LogP contribution in [0.15, 0.2) is 12.1 Å². The van der Waals surface area contributed by atoms with Crippen molar-refractivity contribution in [2.24, 2.45) is 0 Å². The van der Waals surface area contributed by atoms with E-state index in [1.165, 1.54) is 6.07 Å². The van der Waals surface area contributed by atoms with Crippen LogP contribution in [0.5, 0.6) is 5.75 Å². The lowest BCUT2D eigenvalue weighted by Gasteiger charge is -1.96. The lowest BCUT2D eigenvalue weighted by molar-refractivity contribution is 0.406. The zero-order valence-corrected chi connectivity index (χ0v) is 5.31. The molecule has 0 radical (unpaired) electrons. The number of aromatic hydroxyl groups is 1. The van der Waals surface area contributed by atoms with Crippen LogP contribution in [-0.2, 0) is 0 Å². The number of phenolic OH excluding ortho intramolecular Hbond substituents is 1. The molecule has 1 rings (SSSR count). The molecule has 0 aliphatic rings. The van der Waals surface area contributed by atoms with Gasteiger partial charge in [0.2, 0.25) is 5.82 Å². The number of nitrogens with zero attached hydrogens (tertiary/aromatic N) is 1. The molecule has 0 aromatic heterocycles. The second-order valence-electron chi connectivity index (χ2n) is 1.87. The molecule has 56 valence electrons. The number of phenols is 1. The number of nitriles is 1. The van der Waals surface area contributed by atoms with E-state index in [2.05, 4.69) is 0 Å². The number of hydrogen-bond acceptors (Lipinski definition) is 2. The maximum Gasteiger partial charge on any atom is 0.201 e. The molecule has 0 amide bonds. The number of benzene rings is 1. The van der Waals surface area contributed by atoms with Gasteiger partial charge >= 0.3 is 0 Å². The highest BCUT2D eigenvalue weighted by Gasteiger charge is 2.11. The summed E-state index contributed by atoms with van der Waals surface area (Å²) in [5.74, 6) is -3.49. The first-order chi connectivity index (χ1) is 5.16. The first-order valence-electron chi connectivity index (χ1n) is 2.74. The molecule has 11 heavy (non-hydrogen) atoms. The third kappa shape index (κ3) is 1.13. The Bertz CT molecular complexity index is 330. The van der Waals surface area contributed by atoms with Crippen LogP contribution >= 0.6 is 0 Å². The minimum absolute atomic E-state index is 0.416. The van der Waals surface area contributed by atoms with Crippen LogP contribution in [0.3, 0.4) is 0 Å². The smallest absolute Gasteiger partial charge is 0.201 e. The highest BCUT2D eigenvalue weighted by atomic mass is 19.2. The summed E-state index contributed by atoms with van der Waals surface area (Å²) in [6.45, 7) is 0. The minimum Gasteiger partial charge on any atom is -0.505 e. The molecule has 1 aromatic carbocycles. The molecule has 0 bridgehead atoms. The van der Waals surface area contributed by atoms with E-state index in [9.17, 15) is 8.78 Å². The second-order valence-corrected chi connectivity index (χ2v) is 1.87. The Morgan fingerprint density at radius 2 is 1.91 bits per heavy atom. The fraction of sp³-hybridized carbons (Fsp3) is 0. The Hall–Kier alpha value is -1.63. The monoisotopic (exact) mass is 155 g/mol. The fourth-order valence-corrected chi connectivity index (χ4v) is 0.626. The van der Waals surface area contributed by atoms with Gasteiger partial charge in [-0.3, -0.25) is 0 Å². The maximum atomic E-state index is 12.5. The largest absolute Gasteiger partial charge is 0.505 e. The van der Waals surface area contributed by atoms with Crippen molar-refractivity contribution in [1.82, 2.24) is 0 Å². The summed E-state index contributed by atoms with van der Waals surface area (Å²) < 4.78 is 24.9. The van der Waals surface area contributed by atoms with E-state index >= 15 is 0 Å². The summed E-state index contributed by atoms with van der Waals surface area (Å²) in [4.78, 5) is 0. The average Bonchev–Trinajstić information content (AvgIpc) is 2.01. The first kappa shape index (κ1) is 7.48. The van der Waals surface area contributed by atoms with Crippen molar-refractivity contribution in [2.75, 3.05) is 0 Å². The Balaban J connectivity index is 3.40. The van der Waals surface area contributed by atoms with Crippen molar-refractivity contribution in [3.63, 3.8) is 0 Å². The highest BCUT2D eigenvalue weighted by Crippen LogP contribution is 2.20. The SMILES string of the molecule is N#Cc1ccc(O)c(F)c1F. The Kier molecular flexibility index (Phi) is 1.73. The van der Waals surface area contributed by atoms with Crippen molar-refractivity contribution in [3.8, 4) is 11.8 Å². The van der Waals surface area contributed by atoms with E-state index in [1.54, 1.807) is 0 Å². The van der Waals surface area contributed by atoms with Crippen molar-refractivity contribution in [3.05, 3.63) is 29.3 Å². The van der Waals surface area contributed by atoms with Crippen molar-refractivity contribution in [2.45, 2.75) is 0 Å². The molecule has 0 aliphatic carbocycles. The highest BCUT2D eigenvalue weighted by molar-refractivity contribution is 5.36. The predicted octanol–water partition coefficient (Wildman–Crippen LogP) is 1.54. The summed E-state index contributed by atoms with van der Waals surface area (Å²) in [6, 6.07) is 3.37. The van der Waals surface area contributed by atoms with E-state index in [1.807, 2.05) is 0 Å². The van der Waals surface area contributed by atoms with Gasteiger partial charge in [0, 0.05) is 0 Å². The average molecular weight is 155 g/mol. The van der Waals surface area contributed by atoms with E-state index in [0.717, 1.165) is 12.1 Å². The molecular formula is C7H3F2NO. The third-order valence-corrected chi connectivity index (χ3v) is 1.18. The van der Waals surface area contributed by atoms with Gasteiger partial charge in [-0.05, 0) is 12.1 Å². The summed E-state index contributed by atoms with van der Waals surface area (Å²) in [5.41, 5.74) is -0.416. The summed E-state index contributed by atoms with van der Waals surface area (Å²) in [6.07, 6.45) is 0. The maximum absolute atomic E-state index is 12.5. The molecule has 0 saturated heterocycles. The van der Waals surface area contributed by atoms with Gasteiger partial charge in [-0.1, -0.05) is 0 Å². The van der Waals surface area contributed by atoms with Crippen molar-refractivity contribution >= 4 is 0 Å². The van der Waals surface area contributed by atoms with Crippen LogP contribution in [0.2, 0.25) is 0 Å². The zero-order valence-electron chi connectivity index (χ0n) is 5.31. The molecule has 0 spiro atoms. The molecule has 1 N–H and O–H groups in total. The van der Waals surface area contributed by atoms with Crippen LogP contribution in [0, 0.1) is 23.0 Å². The Morgan fingerprint density at radius 3 is 2.45 bits per heavy atom. The molecule has 1 aromatic rings. The molecule has 0 saturated carbocycles. The summed E-state index contributed by atoms with van der Waals surface area (Å²) >= 11 is 0. The van der Waals surface area contributed by atoms with E-state index in [0.29, 0.717) is 0 Å². The zero-order chi connectivity index (χ0) is 8.43. The van der Waals surface area contributed by atoms with Gasteiger partial charge in [0.1, 0.15) is 6.07 Å². The van der Waals surface area contributed by atoms with E-state index in [4.69, 9.17) is 10.4 Å². The summed E-state index contributed by atoms with van der Waals surface area (Å²) in [7, 11) is 0. The van der Waals surface area contributed by atoms with Crippen molar-refractivity contribution < 1.29 is 13.9 Å². The van der Waals surface area contributed by atoms with Crippen LogP contribution in [0.4, 0.5) is 8.78 Å². The molecule has 0 aliphatic heterocycles. The van der Waals surface area contributed by atoms with Gasteiger partial charge in [0.15, 0.2) is 11.6 Å². The number of hydrogen-bond donors (Lipinski definition) is 1. The summed E-state index contributed by atoms with van der Waals surface area (Å²) in [5, 5.41) is 16.8. The lowest BCUT2D eigenvalue weighted by Crippen LogP contribution is -1.89. The predicted molar refractivity (Wildman–Crippen MR) is 32.7 cm³/mol. The van der Waals surface area contributed by atoms with Gasteiger partial charge in [0.05, 0.1) is 5.56 Å². The van der Waals surface area contributed by atoms with Crippen LogP contribution in [0.1, 0.15) is 5.56 Å². The van der Waals surface area contributed by atoms with Crippen molar-refractivity contribution in [1.29, 1.82) is 5.26 Å². The van der Waals surface area contributed by atoms with E-state index < -0.39 is 22.9 Å². The molecule has 4 heteroatoms. The second kappa shape index (κ2) is 2.54. The third-order valence-electron chi connectivity index (χ3n) is 1.18. The van der Waals surface area contributed by atoms with Crippen LogP contribution < -0.4 is 0 Å². The standard InChI is InChI=1S/C7H3F2NO/c8-6-4(3-10)1-2-5(11)7(6)9/h1-2,11H. The lowest BCUT2D eigenvalue weighted by atomic mass is 10.2. The normalized spacial score (nSPS) is 9.18. The number of halogens is 2. The molecular weight excluding hydrogens is 152 g/mol. The Labute approximate surface area is 61.3 Å². The quantitative estimate of drug-likeness (QED) is 0.617. The van der Waals surface area contributed by atoms with E-state index in [-0.39, 0.29) is 0 Å². The minimum atomic E-state index is -1.39.